The van der Waals surface area contributed by atoms with Gasteiger partial charge in [-0.2, -0.15) is 0 Å². The summed E-state index contributed by atoms with van der Waals surface area (Å²) in [4.78, 5) is 0.533. The maximum absolute atomic E-state index is 13.2. The molecule has 0 radical (unpaired) electrons. The van der Waals surface area contributed by atoms with E-state index in [0.29, 0.717) is 12.0 Å². The fourth-order valence-electron chi connectivity index (χ4n) is 2.93. The Bertz CT molecular complexity index is 982. The van der Waals surface area contributed by atoms with E-state index in [1.807, 2.05) is 36.4 Å². The SMILES string of the molecule is N[C@H](C=C(c1ccccc1)S(=O)(=O)c1ccccc1)CCc1ccccc1. The summed E-state index contributed by atoms with van der Waals surface area (Å²) in [6.07, 6.45) is 3.15. The second-order valence-electron chi connectivity index (χ2n) is 6.40. The van der Waals surface area contributed by atoms with Gasteiger partial charge in [0.1, 0.15) is 0 Å². The zero-order valence-corrected chi connectivity index (χ0v) is 15.8. The molecule has 0 aromatic heterocycles. The lowest BCUT2D eigenvalue weighted by atomic mass is 10.0. The average molecular weight is 378 g/mol. The van der Waals surface area contributed by atoms with E-state index >= 15 is 0 Å². The summed E-state index contributed by atoms with van der Waals surface area (Å²) in [7, 11) is -3.65. The molecule has 0 aliphatic carbocycles. The lowest BCUT2D eigenvalue weighted by Crippen LogP contribution is -2.20. The van der Waals surface area contributed by atoms with Crippen molar-refractivity contribution >= 4 is 14.7 Å². The van der Waals surface area contributed by atoms with Crippen LogP contribution in [0.3, 0.4) is 0 Å². The molecule has 0 saturated carbocycles. The Balaban J connectivity index is 1.91. The maximum Gasteiger partial charge on any atom is 0.206 e. The van der Waals surface area contributed by atoms with Gasteiger partial charge in [-0.1, -0.05) is 78.9 Å². The van der Waals surface area contributed by atoms with Gasteiger partial charge in [0.25, 0.3) is 0 Å². The van der Waals surface area contributed by atoms with Crippen molar-refractivity contribution in [3.05, 3.63) is 108 Å². The Hall–Kier alpha value is -2.69. The van der Waals surface area contributed by atoms with Crippen LogP contribution in [-0.4, -0.2) is 14.5 Å². The molecule has 0 heterocycles. The molecule has 138 valence electrons. The van der Waals surface area contributed by atoms with E-state index < -0.39 is 9.84 Å². The maximum atomic E-state index is 13.2. The zero-order chi connectivity index (χ0) is 19.1. The van der Waals surface area contributed by atoms with Crippen LogP contribution in [0.15, 0.2) is 102 Å². The summed E-state index contributed by atoms with van der Waals surface area (Å²) in [5.74, 6) is 0. The van der Waals surface area contributed by atoms with Crippen LogP contribution in [0.1, 0.15) is 17.5 Å². The van der Waals surface area contributed by atoms with Gasteiger partial charge in [-0.15, -0.1) is 0 Å². The molecular formula is C23H23NO2S. The zero-order valence-electron chi connectivity index (χ0n) is 15.0. The highest BCUT2D eigenvalue weighted by Gasteiger charge is 2.22. The smallest absolute Gasteiger partial charge is 0.206 e. The third-order valence-corrected chi connectivity index (χ3v) is 6.22. The molecule has 0 unspecified atom stereocenters. The molecule has 0 amide bonds. The van der Waals surface area contributed by atoms with Gasteiger partial charge in [0.15, 0.2) is 0 Å². The van der Waals surface area contributed by atoms with Gasteiger partial charge >= 0.3 is 0 Å². The number of hydrogen-bond donors (Lipinski definition) is 1. The Morgan fingerprint density at radius 1 is 0.815 bits per heavy atom. The largest absolute Gasteiger partial charge is 0.324 e. The molecule has 0 aliphatic heterocycles. The predicted molar refractivity (Wildman–Crippen MR) is 111 cm³/mol. The first-order valence-corrected chi connectivity index (χ1v) is 10.4. The van der Waals surface area contributed by atoms with Crippen LogP contribution >= 0.6 is 0 Å². The van der Waals surface area contributed by atoms with Crippen LogP contribution in [0.25, 0.3) is 4.91 Å². The average Bonchev–Trinajstić information content (AvgIpc) is 2.72. The highest BCUT2D eigenvalue weighted by Crippen LogP contribution is 2.28. The van der Waals surface area contributed by atoms with Crippen molar-refractivity contribution in [1.29, 1.82) is 0 Å². The molecule has 3 aromatic rings. The van der Waals surface area contributed by atoms with Crippen LogP contribution < -0.4 is 5.73 Å². The van der Waals surface area contributed by atoms with E-state index in [0.717, 1.165) is 6.42 Å². The van der Waals surface area contributed by atoms with Crippen molar-refractivity contribution in [2.24, 2.45) is 5.73 Å². The van der Waals surface area contributed by atoms with Gasteiger partial charge < -0.3 is 5.73 Å². The van der Waals surface area contributed by atoms with E-state index in [1.165, 1.54) is 5.56 Å². The lowest BCUT2D eigenvalue weighted by molar-refractivity contribution is 0.605. The summed E-state index contributed by atoms with van der Waals surface area (Å²) < 4.78 is 26.4. The van der Waals surface area contributed by atoms with Crippen LogP contribution in [0.2, 0.25) is 0 Å². The van der Waals surface area contributed by atoms with Crippen LogP contribution in [-0.2, 0) is 16.3 Å². The van der Waals surface area contributed by atoms with E-state index in [-0.39, 0.29) is 15.8 Å². The highest BCUT2D eigenvalue weighted by molar-refractivity contribution is 8.00. The number of hydrogen-bond acceptors (Lipinski definition) is 3. The normalized spacial score (nSPS) is 13.3. The third kappa shape index (κ3) is 4.94. The molecule has 3 aromatic carbocycles. The van der Waals surface area contributed by atoms with Crippen LogP contribution in [0.4, 0.5) is 0 Å². The summed E-state index contributed by atoms with van der Waals surface area (Å²) in [5.41, 5.74) is 8.13. The Labute approximate surface area is 161 Å². The predicted octanol–water partition coefficient (Wildman–Crippen LogP) is 4.46. The van der Waals surface area contributed by atoms with E-state index in [4.69, 9.17) is 5.73 Å². The van der Waals surface area contributed by atoms with Gasteiger partial charge in [-0.3, -0.25) is 0 Å². The Morgan fingerprint density at radius 2 is 1.33 bits per heavy atom. The summed E-state index contributed by atoms with van der Waals surface area (Å²) in [5, 5.41) is 0. The molecule has 0 saturated heterocycles. The van der Waals surface area contributed by atoms with Crippen molar-refractivity contribution in [1.82, 2.24) is 0 Å². The van der Waals surface area contributed by atoms with Crippen molar-refractivity contribution in [2.45, 2.75) is 23.8 Å². The minimum Gasteiger partial charge on any atom is -0.324 e. The molecule has 3 rings (SSSR count). The van der Waals surface area contributed by atoms with E-state index in [9.17, 15) is 8.42 Å². The second-order valence-corrected chi connectivity index (χ2v) is 8.32. The molecule has 0 bridgehead atoms. The molecule has 0 spiro atoms. The van der Waals surface area contributed by atoms with Gasteiger partial charge in [0.05, 0.1) is 9.80 Å². The summed E-state index contributed by atoms with van der Waals surface area (Å²) in [6.45, 7) is 0. The Kier molecular flexibility index (Phi) is 6.22. The van der Waals surface area contributed by atoms with Crippen LogP contribution in [0.5, 0.6) is 0 Å². The number of benzene rings is 3. The minimum atomic E-state index is -3.65. The number of sulfone groups is 1. The Morgan fingerprint density at radius 3 is 1.93 bits per heavy atom. The fourth-order valence-corrected chi connectivity index (χ4v) is 4.50. The summed E-state index contributed by atoms with van der Waals surface area (Å²) >= 11 is 0. The number of aryl methyl sites for hydroxylation is 1. The molecular weight excluding hydrogens is 354 g/mol. The molecule has 27 heavy (non-hydrogen) atoms. The van der Waals surface area contributed by atoms with Crippen molar-refractivity contribution < 1.29 is 8.42 Å². The topological polar surface area (TPSA) is 60.2 Å². The van der Waals surface area contributed by atoms with Gasteiger partial charge in [0.2, 0.25) is 9.84 Å². The lowest BCUT2D eigenvalue weighted by Gasteiger charge is -2.13. The van der Waals surface area contributed by atoms with Gasteiger partial charge in [0, 0.05) is 6.04 Å². The first-order valence-electron chi connectivity index (χ1n) is 8.94. The highest BCUT2D eigenvalue weighted by atomic mass is 32.2. The molecule has 4 heteroatoms. The third-order valence-electron chi connectivity index (χ3n) is 4.38. The van der Waals surface area contributed by atoms with Gasteiger partial charge in [-0.05, 0) is 42.2 Å². The standard InChI is InChI=1S/C23H23NO2S/c24-21(17-16-19-10-4-1-5-11-19)18-23(20-12-6-2-7-13-20)27(25,26)22-14-8-3-9-15-22/h1-15,18,21H,16-17,24H2/t21-/m0/s1. The fraction of sp³-hybridized carbons (Fsp3) is 0.130. The van der Waals surface area contributed by atoms with E-state index in [1.54, 1.807) is 48.5 Å². The van der Waals surface area contributed by atoms with Crippen molar-refractivity contribution in [3.8, 4) is 0 Å². The van der Waals surface area contributed by atoms with Crippen molar-refractivity contribution in [2.75, 3.05) is 0 Å². The monoisotopic (exact) mass is 377 g/mol. The molecule has 1 atom stereocenters. The summed E-state index contributed by atoms with van der Waals surface area (Å²) in [6, 6.07) is 27.3. The molecule has 2 N–H and O–H groups in total. The van der Waals surface area contributed by atoms with Crippen LogP contribution in [0, 0.1) is 0 Å². The first-order chi connectivity index (χ1) is 13.1. The number of rotatable bonds is 7. The minimum absolute atomic E-state index is 0.259. The second kappa shape index (κ2) is 8.80. The van der Waals surface area contributed by atoms with E-state index in [2.05, 4.69) is 12.1 Å². The molecule has 3 nitrogen and oxygen atoms in total. The van der Waals surface area contributed by atoms with Crippen molar-refractivity contribution in [3.63, 3.8) is 0 Å². The quantitative estimate of drug-likeness (QED) is 0.661. The number of nitrogens with two attached hydrogens (primary N) is 1. The molecule has 0 aliphatic rings. The first kappa shape index (κ1) is 19.1. The molecule has 0 fully saturated rings. The van der Waals surface area contributed by atoms with Gasteiger partial charge in [-0.25, -0.2) is 8.42 Å².